The second-order valence-corrected chi connectivity index (χ2v) is 11.1. The molecular weight excluding hydrogens is 522 g/mol. The van der Waals surface area contributed by atoms with Crippen LogP contribution in [0, 0.1) is 5.92 Å². The average molecular weight is 560 g/mol. The van der Waals surface area contributed by atoms with Gasteiger partial charge in [-0.1, -0.05) is 97.9 Å². The summed E-state index contributed by atoms with van der Waals surface area (Å²) in [6.45, 7) is 4.92. The van der Waals surface area contributed by atoms with E-state index in [0.717, 1.165) is 24.9 Å². The van der Waals surface area contributed by atoms with E-state index in [9.17, 15) is 4.79 Å². The molecule has 6 rings (SSSR count). The van der Waals surface area contributed by atoms with E-state index in [1.165, 1.54) is 11.1 Å². The number of anilines is 2. The third kappa shape index (κ3) is 5.90. The summed E-state index contributed by atoms with van der Waals surface area (Å²) in [4.78, 5) is 34.5. The Bertz CT molecular complexity index is 1530. The van der Waals surface area contributed by atoms with Crippen molar-refractivity contribution in [2.24, 2.45) is 16.6 Å². The Hall–Kier alpha value is -4.56. The van der Waals surface area contributed by atoms with Crippen LogP contribution in [0.25, 0.3) is 0 Å². The average Bonchev–Trinajstić information content (AvgIpc) is 3.04. The molecule has 8 heteroatoms. The lowest BCUT2D eigenvalue weighted by Crippen LogP contribution is -2.62. The molecule has 3 aromatic carbocycles. The molecule has 2 unspecified atom stereocenters. The number of carbonyl (C=O) groups excluding carboxylic acids is 1. The van der Waals surface area contributed by atoms with Gasteiger partial charge in [-0.25, -0.2) is 9.98 Å². The summed E-state index contributed by atoms with van der Waals surface area (Å²) < 4.78 is 0. The van der Waals surface area contributed by atoms with Gasteiger partial charge in [0.25, 0.3) is 0 Å². The van der Waals surface area contributed by atoms with Crippen LogP contribution < -0.4 is 15.5 Å². The zero-order valence-corrected chi connectivity index (χ0v) is 24.0. The zero-order chi connectivity index (χ0) is 28.9. The van der Waals surface area contributed by atoms with E-state index in [1.807, 2.05) is 48.5 Å². The van der Waals surface area contributed by atoms with Crippen LogP contribution in [0.5, 0.6) is 0 Å². The molecular formula is C34H37N7O. The number of nitrogens with zero attached hydrogens (tertiary/aromatic N) is 6. The maximum atomic E-state index is 13.6. The lowest BCUT2D eigenvalue weighted by Gasteiger charge is -2.46. The third-order valence-corrected chi connectivity index (χ3v) is 8.15. The Morgan fingerprint density at radius 2 is 1.52 bits per heavy atom. The number of fused-ring (bicyclic) bond motifs is 1. The molecule has 0 spiro atoms. The Morgan fingerprint density at radius 3 is 2.21 bits per heavy atom. The Labute approximate surface area is 247 Å². The fourth-order valence-electron chi connectivity index (χ4n) is 5.71. The number of benzene rings is 3. The number of amides is 1. The number of aliphatic imine (C=N–C) groups is 1. The number of aromatic nitrogens is 2. The maximum Gasteiger partial charge on any atom is 0.233 e. The second-order valence-electron chi connectivity index (χ2n) is 11.1. The first-order valence-corrected chi connectivity index (χ1v) is 14.7. The first-order valence-electron chi connectivity index (χ1n) is 14.7. The van der Waals surface area contributed by atoms with Crippen molar-refractivity contribution in [1.82, 2.24) is 14.9 Å². The Morgan fingerprint density at radius 1 is 0.881 bits per heavy atom. The van der Waals surface area contributed by atoms with E-state index >= 15 is 0 Å². The van der Waals surface area contributed by atoms with Crippen LogP contribution in [0.2, 0.25) is 0 Å². The monoisotopic (exact) mass is 559 g/mol. The number of guanidine groups is 1. The number of hydrogen-bond donors (Lipinski definition) is 1. The first-order chi connectivity index (χ1) is 20.5. The minimum absolute atomic E-state index is 0.0163. The highest BCUT2D eigenvalue weighted by atomic mass is 16.2. The number of nitrogens with two attached hydrogens (primary N) is 1. The summed E-state index contributed by atoms with van der Waals surface area (Å²) >= 11 is 0. The fraction of sp³-hybridized carbons (Fsp3) is 0.294. The summed E-state index contributed by atoms with van der Waals surface area (Å²) in [7, 11) is 0. The highest BCUT2D eigenvalue weighted by Crippen LogP contribution is 2.34. The molecule has 0 bridgehead atoms. The number of hydrogen-bond acceptors (Lipinski definition) is 7. The predicted octanol–water partition coefficient (Wildman–Crippen LogP) is 4.97. The van der Waals surface area contributed by atoms with Crippen LogP contribution in [0.3, 0.4) is 0 Å². The van der Waals surface area contributed by atoms with E-state index in [0.29, 0.717) is 37.4 Å². The number of rotatable bonds is 9. The molecule has 4 aromatic rings. The molecule has 2 aliphatic heterocycles. The van der Waals surface area contributed by atoms with Gasteiger partial charge in [-0.05, 0) is 41.5 Å². The molecule has 0 radical (unpaired) electrons. The molecule has 8 nitrogen and oxygen atoms in total. The van der Waals surface area contributed by atoms with Gasteiger partial charge in [-0.15, -0.1) is 0 Å². The molecule has 2 aliphatic rings. The topological polar surface area (TPSA) is 90.9 Å². The van der Waals surface area contributed by atoms with Crippen molar-refractivity contribution in [3.63, 3.8) is 0 Å². The zero-order valence-electron chi connectivity index (χ0n) is 24.0. The van der Waals surface area contributed by atoms with Crippen LogP contribution in [0.15, 0.2) is 108 Å². The van der Waals surface area contributed by atoms with Crippen molar-refractivity contribution in [2.45, 2.75) is 38.4 Å². The smallest absolute Gasteiger partial charge is 0.233 e. The molecule has 2 atom stereocenters. The molecule has 1 saturated heterocycles. The third-order valence-electron chi connectivity index (χ3n) is 8.15. The van der Waals surface area contributed by atoms with E-state index in [-0.39, 0.29) is 18.2 Å². The molecule has 1 aromatic heterocycles. The lowest BCUT2D eigenvalue weighted by molar-refractivity contribution is -0.130. The van der Waals surface area contributed by atoms with Crippen molar-refractivity contribution < 1.29 is 4.79 Å². The molecule has 1 amide bonds. The summed E-state index contributed by atoms with van der Waals surface area (Å²) in [6, 6.07) is 32.4. The first kappa shape index (κ1) is 27.6. The van der Waals surface area contributed by atoms with Crippen molar-refractivity contribution in [2.75, 3.05) is 29.4 Å². The highest BCUT2D eigenvalue weighted by molar-refractivity contribution is 6.08. The van der Waals surface area contributed by atoms with Gasteiger partial charge in [0.1, 0.15) is 11.5 Å². The largest absolute Gasteiger partial charge is 0.336 e. The van der Waals surface area contributed by atoms with Gasteiger partial charge in [0.05, 0.1) is 6.42 Å². The van der Waals surface area contributed by atoms with Crippen LogP contribution in [-0.2, 0) is 23.4 Å². The van der Waals surface area contributed by atoms with E-state index in [2.05, 4.69) is 65.3 Å². The van der Waals surface area contributed by atoms with Gasteiger partial charge in [0.2, 0.25) is 17.8 Å². The highest BCUT2D eigenvalue weighted by Gasteiger charge is 2.44. The van der Waals surface area contributed by atoms with Gasteiger partial charge < -0.3 is 10.6 Å². The Kier molecular flexibility index (Phi) is 7.97. The normalized spacial score (nSPS) is 20.2. The standard InChI is InChI=1S/C34H37N7O/c1-2-26-24-40(33-38-34(35,22-31(42)41(33)25-26)29-16-10-5-11-17-29)30-18-20-36-32(37-30)39(23-28-14-8-4-9-15-28)21-19-27-12-6-3-7-13-27/h3-18,20,26H,2,19,21-25,35H2,1H3. The molecule has 0 aliphatic carbocycles. The predicted molar refractivity (Wildman–Crippen MR) is 167 cm³/mol. The van der Waals surface area contributed by atoms with Crippen molar-refractivity contribution in [1.29, 1.82) is 0 Å². The summed E-state index contributed by atoms with van der Waals surface area (Å²) in [6.07, 6.45) is 3.74. The van der Waals surface area contributed by atoms with E-state index < -0.39 is 5.66 Å². The summed E-state index contributed by atoms with van der Waals surface area (Å²) in [5.41, 5.74) is 8.98. The fourth-order valence-corrected chi connectivity index (χ4v) is 5.71. The second kappa shape index (κ2) is 12.1. The van der Waals surface area contributed by atoms with Gasteiger partial charge in [-0.3, -0.25) is 14.6 Å². The summed E-state index contributed by atoms with van der Waals surface area (Å²) in [5.74, 6) is 2.18. The van der Waals surface area contributed by atoms with Crippen LogP contribution >= 0.6 is 0 Å². The van der Waals surface area contributed by atoms with Crippen LogP contribution in [0.4, 0.5) is 11.8 Å². The van der Waals surface area contributed by atoms with E-state index in [4.69, 9.17) is 20.7 Å². The van der Waals surface area contributed by atoms with Gasteiger partial charge in [0, 0.05) is 32.4 Å². The molecule has 3 heterocycles. The molecule has 0 saturated carbocycles. The van der Waals surface area contributed by atoms with Gasteiger partial charge in [-0.2, -0.15) is 4.98 Å². The minimum Gasteiger partial charge on any atom is -0.336 e. The molecule has 2 N–H and O–H groups in total. The Balaban J connectivity index is 1.36. The van der Waals surface area contributed by atoms with Crippen LogP contribution in [0.1, 0.15) is 36.5 Å². The molecule has 214 valence electrons. The quantitative estimate of drug-likeness (QED) is 0.311. The van der Waals surface area contributed by atoms with E-state index in [1.54, 1.807) is 11.1 Å². The summed E-state index contributed by atoms with van der Waals surface area (Å²) in [5, 5.41) is 0. The van der Waals surface area contributed by atoms with Gasteiger partial charge >= 0.3 is 0 Å². The maximum absolute atomic E-state index is 13.6. The van der Waals surface area contributed by atoms with Crippen molar-refractivity contribution >= 4 is 23.6 Å². The minimum atomic E-state index is -1.13. The van der Waals surface area contributed by atoms with Gasteiger partial charge in [0.15, 0.2) is 0 Å². The lowest BCUT2D eigenvalue weighted by atomic mass is 9.93. The number of carbonyl (C=O) groups is 1. The molecule has 42 heavy (non-hydrogen) atoms. The van der Waals surface area contributed by atoms with Crippen molar-refractivity contribution in [3.05, 3.63) is 120 Å². The van der Waals surface area contributed by atoms with Crippen molar-refractivity contribution in [3.8, 4) is 0 Å². The SMILES string of the molecule is CCC1CN2C(=O)CC(N)(c3ccccc3)N=C2N(c2ccnc(N(CCc3ccccc3)Cc3ccccc3)n2)C1. The van der Waals surface area contributed by atoms with Crippen LogP contribution in [-0.4, -0.2) is 46.4 Å². The molecule has 1 fully saturated rings.